The lowest BCUT2D eigenvalue weighted by molar-refractivity contribution is 0.197. The summed E-state index contributed by atoms with van der Waals surface area (Å²) in [6.07, 6.45) is 4.11. The summed E-state index contributed by atoms with van der Waals surface area (Å²) in [6.45, 7) is 7.12. The fraction of sp³-hybridized carbons (Fsp3) is 0.625. The molecular formula is C16H23Cl. The van der Waals surface area contributed by atoms with Crippen LogP contribution in [0.5, 0.6) is 0 Å². The molecule has 1 saturated carbocycles. The van der Waals surface area contributed by atoms with E-state index in [4.69, 9.17) is 11.6 Å². The van der Waals surface area contributed by atoms with Gasteiger partial charge in [-0.05, 0) is 54.2 Å². The molecule has 1 fully saturated rings. The van der Waals surface area contributed by atoms with E-state index in [1.165, 1.54) is 24.8 Å². The summed E-state index contributed by atoms with van der Waals surface area (Å²) < 4.78 is 0. The molecule has 0 spiro atoms. The summed E-state index contributed by atoms with van der Waals surface area (Å²) >= 11 is 5.98. The largest absolute Gasteiger partial charge is 0.0843 e. The molecule has 17 heavy (non-hydrogen) atoms. The quantitative estimate of drug-likeness (QED) is 0.649. The molecule has 0 bridgehead atoms. The molecule has 0 aromatic heterocycles. The third-order valence-electron chi connectivity index (χ3n) is 4.32. The zero-order valence-electron chi connectivity index (χ0n) is 11.1. The van der Waals surface area contributed by atoms with Crippen LogP contribution in [0.4, 0.5) is 0 Å². The molecule has 1 aromatic carbocycles. The van der Waals surface area contributed by atoms with Crippen molar-refractivity contribution in [1.82, 2.24) is 0 Å². The lowest BCUT2D eigenvalue weighted by atomic mass is 9.68. The van der Waals surface area contributed by atoms with Crippen molar-refractivity contribution >= 4 is 11.6 Å². The van der Waals surface area contributed by atoms with Crippen molar-refractivity contribution in [2.45, 2.75) is 46.0 Å². The Bertz CT molecular complexity index is 352. The molecule has 0 amide bonds. The van der Waals surface area contributed by atoms with Gasteiger partial charge in [-0.2, -0.15) is 0 Å². The first-order valence-electron chi connectivity index (χ1n) is 6.83. The van der Waals surface area contributed by atoms with Gasteiger partial charge in [0.1, 0.15) is 0 Å². The summed E-state index contributed by atoms with van der Waals surface area (Å²) in [5.74, 6) is 3.22. The second-order valence-electron chi connectivity index (χ2n) is 5.98. The van der Waals surface area contributed by atoms with Crippen LogP contribution in [0.1, 0.15) is 51.5 Å². The van der Waals surface area contributed by atoms with Crippen LogP contribution in [-0.2, 0) is 0 Å². The summed E-state index contributed by atoms with van der Waals surface area (Å²) in [6, 6.07) is 8.52. The fourth-order valence-electron chi connectivity index (χ4n) is 3.30. The van der Waals surface area contributed by atoms with Gasteiger partial charge in [0.25, 0.3) is 0 Å². The minimum Gasteiger partial charge on any atom is -0.0843 e. The lowest BCUT2D eigenvalue weighted by Gasteiger charge is -2.37. The van der Waals surface area contributed by atoms with Crippen molar-refractivity contribution in [3.63, 3.8) is 0 Å². The van der Waals surface area contributed by atoms with E-state index >= 15 is 0 Å². The van der Waals surface area contributed by atoms with Gasteiger partial charge >= 0.3 is 0 Å². The summed E-state index contributed by atoms with van der Waals surface area (Å²) in [4.78, 5) is 0. The number of rotatable bonds is 2. The first kappa shape index (κ1) is 13.0. The Kier molecular flexibility index (Phi) is 4.14. The summed E-state index contributed by atoms with van der Waals surface area (Å²) in [7, 11) is 0. The average Bonchev–Trinajstić information content (AvgIpc) is 2.29. The molecule has 1 aliphatic carbocycles. The van der Waals surface area contributed by atoms with Crippen LogP contribution in [-0.4, -0.2) is 0 Å². The molecule has 0 saturated heterocycles. The minimum atomic E-state index is 0.732. The van der Waals surface area contributed by atoms with Crippen molar-refractivity contribution in [1.29, 1.82) is 0 Å². The Morgan fingerprint density at radius 2 is 1.76 bits per heavy atom. The highest BCUT2D eigenvalue weighted by atomic mass is 35.5. The van der Waals surface area contributed by atoms with Gasteiger partial charge in [0.2, 0.25) is 0 Å². The number of hydrogen-bond donors (Lipinski definition) is 0. The normalized spacial score (nSPS) is 29.6. The SMILES string of the molecule is CC(C)[C@@H]1CC[C@@H](C)C[C@H]1c1ccc(Cl)cc1. The second kappa shape index (κ2) is 5.44. The maximum absolute atomic E-state index is 5.98. The van der Waals surface area contributed by atoms with Crippen molar-refractivity contribution in [2.75, 3.05) is 0 Å². The third kappa shape index (κ3) is 3.04. The molecule has 2 rings (SSSR count). The molecule has 0 unspecified atom stereocenters. The van der Waals surface area contributed by atoms with E-state index < -0.39 is 0 Å². The molecule has 0 heterocycles. The van der Waals surface area contributed by atoms with Crippen LogP contribution < -0.4 is 0 Å². The van der Waals surface area contributed by atoms with Gasteiger partial charge in [-0.15, -0.1) is 0 Å². The van der Waals surface area contributed by atoms with E-state index in [9.17, 15) is 0 Å². The van der Waals surface area contributed by atoms with Crippen molar-refractivity contribution in [3.8, 4) is 0 Å². The van der Waals surface area contributed by atoms with Crippen LogP contribution in [0.25, 0.3) is 0 Å². The number of benzene rings is 1. The van der Waals surface area contributed by atoms with E-state index in [1.54, 1.807) is 0 Å². The highest BCUT2D eigenvalue weighted by Crippen LogP contribution is 2.43. The Hall–Kier alpha value is -0.490. The van der Waals surface area contributed by atoms with Crippen LogP contribution in [0.2, 0.25) is 5.02 Å². The zero-order chi connectivity index (χ0) is 12.4. The van der Waals surface area contributed by atoms with Gasteiger partial charge in [-0.3, -0.25) is 0 Å². The smallest absolute Gasteiger partial charge is 0.0406 e. The van der Waals surface area contributed by atoms with Gasteiger partial charge in [0.15, 0.2) is 0 Å². The fourth-order valence-corrected chi connectivity index (χ4v) is 3.42. The lowest BCUT2D eigenvalue weighted by Crippen LogP contribution is -2.26. The number of halogens is 1. The molecule has 0 radical (unpaired) electrons. The first-order valence-corrected chi connectivity index (χ1v) is 7.21. The molecule has 0 aliphatic heterocycles. The predicted molar refractivity (Wildman–Crippen MR) is 75.5 cm³/mol. The van der Waals surface area contributed by atoms with E-state index in [-0.39, 0.29) is 0 Å². The van der Waals surface area contributed by atoms with E-state index in [0.29, 0.717) is 0 Å². The average molecular weight is 251 g/mol. The summed E-state index contributed by atoms with van der Waals surface area (Å²) in [5, 5.41) is 0.846. The number of hydrogen-bond acceptors (Lipinski definition) is 0. The van der Waals surface area contributed by atoms with Gasteiger partial charge < -0.3 is 0 Å². The van der Waals surface area contributed by atoms with Gasteiger partial charge in [-0.1, -0.05) is 50.9 Å². The monoisotopic (exact) mass is 250 g/mol. The van der Waals surface area contributed by atoms with Crippen LogP contribution in [0, 0.1) is 17.8 Å². The summed E-state index contributed by atoms with van der Waals surface area (Å²) in [5.41, 5.74) is 1.49. The maximum Gasteiger partial charge on any atom is 0.0406 e. The van der Waals surface area contributed by atoms with Crippen LogP contribution >= 0.6 is 11.6 Å². The Balaban J connectivity index is 2.22. The molecule has 1 aliphatic rings. The van der Waals surface area contributed by atoms with Crippen LogP contribution in [0.3, 0.4) is 0 Å². The highest BCUT2D eigenvalue weighted by molar-refractivity contribution is 6.30. The van der Waals surface area contributed by atoms with Crippen LogP contribution in [0.15, 0.2) is 24.3 Å². The maximum atomic E-state index is 5.98. The van der Waals surface area contributed by atoms with E-state index in [0.717, 1.165) is 28.7 Å². The zero-order valence-corrected chi connectivity index (χ0v) is 11.9. The first-order chi connectivity index (χ1) is 8.08. The molecular weight excluding hydrogens is 228 g/mol. The highest BCUT2D eigenvalue weighted by Gasteiger charge is 2.31. The molecule has 94 valence electrons. The van der Waals surface area contributed by atoms with Gasteiger partial charge in [0.05, 0.1) is 0 Å². The third-order valence-corrected chi connectivity index (χ3v) is 4.57. The molecule has 1 heteroatoms. The van der Waals surface area contributed by atoms with Gasteiger partial charge in [0, 0.05) is 5.02 Å². The Morgan fingerprint density at radius 1 is 1.12 bits per heavy atom. The van der Waals surface area contributed by atoms with Gasteiger partial charge in [-0.25, -0.2) is 0 Å². The Morgan fingerprint density at radius 3 is 2.35 bits per heavy atom. The van der Waals surface area contributed by atoms with E-state index in [1.807, 2.05) is 12.1 Å². The molecule has 1 aromatic rings. The van der Waals surface area contributed by atoms with Crippen molar-refractivity contribution in [3.05, 3.63) is 34.9 Å². The molecule has 3 atom stereocenters. The second-order valence-corrected chi connectivity index (χ2v) is 6.42. The molecule has 0 nitrogen and oxygen atoms in total. The van der Waals surface area contributed by atoms with Crippen molar-refractivity contribution < 1.29 is 0 Å². The van der Waals surface area contributed by atoms with E-state index in [2.05, 4.69) is 32.9 Å². The molecule has 0 N–H and O–H groups in total. The minimum absolute atomic E-state index is 0.732. The topological polar surface area (TPSA) is 0 Å². The standard InChI is InChI=1S/C16H23Cl/c1-11(2)15-9-4-12(3)10-16(15)13-5-7-14(17)8-6-13/h5-8,11-12,15-16H,4,9-10H2,1-3H3/t12-,15+,16+/m1/s1. The predicted octanol–water partition coefficient (Wildman–Crippen LogP) is 5.52. The van der Waals surface area contributed by atoms with Crippen molar-refractivity contribution in [2.24, 2.45) is 17.8 Å². The Labute approximate surface area is 110 Å².